The number of pyridine rings is 1. The molecule has 0 saturated carbocycles. The van der Waals surface area contributed by atoms with Crippen molar-refractivity contribution in [3.05, 3.63) is 59.8 Å². The van der Waals surface area contributed by atoms with Crippen molar-refractivity contribution < 1.29 is 9.63 Å². The van der Waals surface area contributed by atoms with Crippen molar-refractivity contribution in [2.75, 3.05) is 31.9 Å². The van der Waals surface area contributed by atoms with Crippen molar-refractivity contribution in [3.63, 3.8) is 0 Å². The highest BCUT2D eigenvalue weighted by molar-refractivity contribution is 5.89. The molecular formula is C17H20N4O2. The number of hydrogen-bond donors (Lipinski definition) is 1. The number of nitrogen functional groups attached to an aromatic ring is 1. The van der Waals surface area contributed by atoms with E-state index in [-0.39, 0.29) is 5.97 Å². The number of nitrogens with zero attached hydrogens (tertiary/aromatic N) is 3. The largest absolute Gasteiger partial charge is 0.384 e. The molecule has 0 aliphatic carbocycles. The van der Waals surface area contributed by atoms with Gasteiger partial charge in [0.1, 0.15) is 5.82 Å². The highest BCUT2D eigenvalue weighted by atomic mass is 16.7. The van der Waals surface area contributed by atoms with Crippen LogP contribution in [-0.2, 0) is 11.4 Å². The van der Waals surface area contributed by atoms with Crippen molar-refractivity contribution in [3.8, 4) is 0 Å². The van der Waals surface area contributed by atoms with E-state index in [9.17, 15) is 4.79 Å². The van der Waals surface area contributed by atoms with Gasteiger partial charge in [-0.25, -0.2) is 9.78 Å². The summed E-state index contributed by atoms with van der Waals surface area (Å²) in [4.78, 5) is 23.9. The lowest BCUT2D eigenvalue weighted by Crippen LogP contribution is -2.46. The zero-order valence-electron chi connectivity index (χ0n) is 12.9. The van der Waals surface area contributed by atoms with Crippen molar-refractivity contribution in [2.24, 2.45) is 0 Å². The van der Waals surface area contributed by atoms with E-state index in [0.29, 0.717) is 24.5 Å². The molecule has 1 aromatic carbocycles. The SMILES string of the molecule is Nc1ccc(CN2CCN(OC(=O)c3ccccc3)CC2)cn1. The van der Waals surface area contributed by atoms with Gasteiger partial charge in [-0.05, 0) is 23.8 Å². The van der Waals surface area contributed by atoms with Crippen LogP contribution in [-0.4, -0.2) is 47.1 Å². The van der Waals surface area contributed by atoms with Gasteiger partial charge in [-0.2, -0.15) is 0 Å². The summed E-state index contributed by atoms with van der Waals surface area (Å²) in [5, 5.41) is 1.73. The van der Waals surface area contributed by atoms with Gasteiger partial charge >= 0.3 is 5.97 Å². The standard InChI is InChI=1S/C17H20N4O2/c18-16-7-6-14(12-19-16)13-20-8-10-21(11-9-20)23-17(22)15-4-2-1-3-5-15/h1-7,12H,8-11,13H2,(H2,18,19). The second-order valence-electron chi connectivity index (χ2n) is 5.54. The summed E-state index contributed by atoms with van der Waals surface area (Å²) in [6, 6.07) is 12.8. The van der Waals surface area contributed by atoms with E-state index < -0.39 is 0 Å². The minimum absolute atomic E-state index is 0.304. The summed E-state index contributed by atoms with van der Waals surface area (Å²) in [5.74, 6) is 0.230. The smallest absolute Gasteiger partial charge is 0.357 e. The Morgan fingerprint density at radius 3 is 2.48 bits per heavy atom. The van der Waals surface area contributed by atoms with Crippen LogP contribution in [0.3, 0.4) is 0 Å². The first-order valence-corrected chi connectivity index (χ1v) is 7.66. The average Bonchev–Trinajstić information content (AvgIpc) is 2.59. The summed E-state index contributed by atoms with van der Waals surface area (Å²) < 4.78 is 0. The lowest BCUT2D eigenvalue weighted by molar-refractivity contribution is -0.130. The maximum Gasteiger partial charge on any atom is 0.357 e. The Kier molecular flexibility index (Phi) is 4.85. The summed E-state index contributed by atoms with van der Waals surface area (Å²) in [5.41, 5.74) is 7.30. The van der Waals surface area contributed by atoms with Gasteiger partial charge in [-0.1, -0.05) is 24.3 Å². The quantitative estimate of drug-likeness (QED) is 0.923. The van der Waals surface area contributed by atoms with Crippen molar-refractivity contribution in [1.82, 2.24) is 14.9 Å². The maximum absolute atomic E-state index is 12.0. The Hall–Kier alpha value is -2.44. The Balaban J connectivity index is 1.47. The molecule has 6 heteroatoms. The number of piperazine rings is 1. The number of hydroxylamine groups is 2. The molecule has 0 bridgehead atoms. The van der Waals surface area contributed by atoms with E-state index in [1.807, 2.05) is 30.3 Å². The van der Waals surface area contributed by atoms with E-state index in [1.54, 1.807) is 23.4 Å². The monoisotopic (exact) mass is 312 g/mol. The molecule has 2 N–H and O–H groups in total. The first-order chi connectivity index (χ1) is 11.2. The topological polar surface area (TPSA) is 71.7 Å². The number of carbonyl (C=O) groups excluding carboxylic acids is 1. The third-order valence-corrected chi connectivity index (χ3v) is 3.81. The maximum atomic E-state index is 12.0. The van der Waals surface area contributed by atoms with Crippen LogP contribution in [0, 0.1) is 0 Å². The van der Waals surface area contributed by atoms with E-state index in [2.05, 4.69) is 9.88 Å². The van der Waals surface area contributed by atoms with Crippen LogP contribution in [0.25, 0.3) is 0 Å². The molecule has 0 atom stereocenters. The highest BCUT2D eigenvalue weighted by Crippen LogP contribution is 2.10. The van der Waals surface area contributed by atoms with Crippen molar-refractivity contribution >= 4 is 11.8 Å². The second-order valence-corrected chi connectivity index (χ2v) is 5.54. The van der Waals surface area contributed by atoms with Gasteiger partial charge in [0.05, 0.1) is 5.56 Å². The zero-order valence-corrected chi connectivity index (χ0v) is 12.9. The summed E-state index contributed by atoms with van der Waals surface area (Å²) in [6.07, 6.45) is 1.80. The molecule has 23 heavy (non-hydrogen) atoms. The predicted molar refractivity (Wildman–Crippen MR) is 87.4 cm³/mol. The average molecular weight is 312 g/mol. The molecule has 0 unspecified atom stereocenters. The normalized spacial score (nSPS) is 16.2. The summed E-state index contributed by atoms with van der Waals surface area (Å²) in [6.45, 7) is 3.90. The number of carbonyl (C=O) groups is 1. The lowest BCUT2D eigenvalue weighted by Gasteiger charge is -2.33. The molecule has 6 nitrogen and oxygen atoms in total. The minimum atomic E-state index is -0.304. The van der Waals surface area contributed by atoms with Gasteiger partial charge in [0.25, 0.3) is 0 Å². The Bertz CT molecular complexity index is 637. The van der Waals surface area contributed by atoms with Crippen LogP contribution >= 0.6 is 0 Å². The Morgan fingerprint density at radius 2 is 1.83 bits per heavy atom. The molecule has 1 aliphatic rings. The van der Waals surface area contributed by atoms with E-state index >= 15 is 0 Å². The number of aromatic nitrogens is 1. The molecule has 120 valence electrons. The molecule has 1 fully saturated rings. The lowest BCUT2D eigenvalue weighted by atomic mass is 10.2. The number of anilines is 1. The van der Waals surface area contributed by atoms with Crippen LogP contribution in [0.2, 0.25) is 0 Å². The second kappa shape index (κ2) is 7.21. The number of hydrogen-bond acceptors (Lipinski definition) is 6. The number of rotatable bonds is 4. The van der Waals surface area contributed by atoms with Gasteiger partial charge in [-0.3, -0.25) is 4.90 Å². The van der Waals surface area contributed by atoms with Gasteiger partial charge in [0.15, 0.2) is 0 Å². The van der Waals surface area contributed by atoms with Gasteiger partial charge in [0, 0.05) is 38.9 Å². The fourth-order valence-electron chi connectivity index (χ4n) is 2.51. The van der Waals surface area contributed by atoms with E-state index in [1.165, 1.54) is 0 Å². The van der Waals surface area contributed by atoms with Crippen LogP contribution in [0.15, 0.2) is 48.7 Å². The van der Waals surface area contributed by atoms with Crippen LogP contribution in [0.5, 0.6) is 0 Å². The Morgan fingerprint density at radius 1 is 1.09 bits per heavy atom. The molecule has 0 amide bonds. The zero-order chi connectivity index (χ0) is 16.1. The van der Waals surface area contributed by atoms with Crippen LogP contribution in [0.1, 0.15) is 15.9 Å². The molecule has 3 rings (SSSR count). The first-order valence-electron chi connectivity index (χ1n) is 7.66. The predicted octanol–water partition coefficient (Wildman–Crippen LogP) is 1.55. The molecule has 2 aromatic rings. The number of benzene rings is 1. The van der Waals surface area contributed by atoms with Crippen molar-refractivity contribution in [1.29, 1.82) is 0 Å². The van der Waals surface area contributed by atoms with Crippen molar-refractivity contribution in [2.45, 2.75) is 6.54 Å². The molecule has 2 heterocycles. The minimum Gasteiger partial charge on any atom is -0.384 e. The molecule has 1 aliphatic heterocycles. The van der Waals surface area contributed by atoms with Crippen LogP contribution in [0.4, 0.5) is 5.82 Å². The first kappa shape index (κ1) is 15.5. The molecule has 0 spiro atoms. The van der Waals surface area contributed by atoms with E-state index in [4.69, 9.17) is 10.6 Å². The van der Waals surface area contributed by atoms with Gasteiger partial charge in [0.2, 0.25) is 0 Å². The third-order valence-electron chi connectivity index (χ3n) is 3.81. The fourth-order valence-corrected chi connectivity index (χ4v) is 2.51. The molecule has 1 aromatic heterocycles. The third kappa shape index (κ3) is 4.28. The highest BCUT2D eigenvalue weighted by Gasteiger charge is 2.20. The molecule has 0 radical (unpaired) electrons. The van der Waals surface area contributed by atoms with Crippen LogP contribution < -0.4 is 5.73 Å². The van der Waals surface area contributed by atoms with E-state index in [0.717, 1.165) is 25.2 Å². The molecule has 1 saturated heterocycles. The Labute approximate surface area is 135 Å². The summed E-state index contributed by atoms with van der Waals surface area (Å²) in [7, 11) is 0. The van der Waals surface area contributed by atoms with Gasteiger partial charge < -0.3 is 10.6 Å². The fraction of sp³-hybridized carbons (Fsp3) is 0.294. The number of nitrogens with two attached hydrogens (primary N) is 1. The summed E-state index contributed by atoms with van der Waals surface area (Å²) >= 11 is 0. The molecular weight excluding hydrogens is 292 g/mol. The van der Waals surface area contributed by atoms with Gasteiger partial charge in [-0.15, -0.1) is 5.06 Å².